The van der Waals surface area contributed by atoms with Crippen LogP contribution in [0.4, 0.5) is 5.69 Å². The molecule has 1 aromatic rings. The van der Waals surface area contributed by atoms with E-state index in [9.17, 15) is 0 Å². The van der Waals surface area contributed by atoms with Crippen molar-refractivity contribution < 1.29 is 0 Å². The highest BCUT2D eigenvalue weighted by Gasteiger charge is 2.07. The lowest BCUT2D eigenvalue weighted by Gasteiger charge is -2.23. The van der Waals surface area contributed by atoms with Crippen molar-refractivity contribution in [2.45, 2.75) is 13.8 Å². The molecule has 0 radical (unpaired) electrons. The Balaban J connectivity index is 2.36. The van der Waals surface area contributed by atoms with Crippen LogP contribution in [0.15, 0.2) is 42.6 Å². The summed E-state index contributed by atoms with van der Waals surface area (Å²) in [5, 5.41) is 0. The minimum atomic E-state index is 0.973. The topological polar surface area (TPSA) is 3.24 Å². The first-order valence-electron chi connectivity index (χ1n) is 4.95. The third-order valence-electron chi connectivity index (χ3n) is 2.70. The van der Waals surface area contributed by atoms with Crippen molar-refractivity contribution in [3.05, 3.63) is 53.8 Å². The molecule has 0 saturated carbocycles. The number of benzene rings is 1. The highest BCUT2D eigenvalue weighted by atomic mass is 15.1. The molecule has 1 heterocycles. The molecule has 0 aliphatic carbocycles. The van der Waals surface area contributed by atoms with E-state index in [4.69, 9.17) is 0 Å². The fourth-order valence-electron chi connectivity index (χ4n) is 1.69. The third kappa shape index (κ3) is 1.58. The van der Waals surface area contributed by atoms with Crippen LogP contribution in [0, 0.1) is 13.8 Å². The molecule has 0 amide bonds. The van der Waals surface area contributed by atoms with E-state index in [1.165, 1.54) is 16.8 Å². The van der Waals surface area contributed by atoms with Gasteiger partial charge in [-0.3, -0.25) is 0 Å². The van der Waals surface area contributed by atoms with Crippen LogP contribution < -0.4 is 4.90 Å². The lowest BCUT2D eigenvalue weighted by Crippen LogP contribution is -2.18. The van der Waals surface area contributed by atoms with E-state index in [0.717, 1.165) is 6.54 Å². The number of hydrogen-bond acceptors (Lipinski definition) is 1. The maximum atomic E-state index is 2.27. The largest absolute Gasteiger partial charge is 0.344 e. The molecule has 0 aromatic heterocycles. The molecule has 0 fully saturated rings. The molecule has 0 saturated heterocycles. The van der Waals surface area contributed by atoms with Crippen molar-refractivity contribution >= 4 is 5.69 Å². The molecule has 2 rings (SSSR count). The Morgan fingerprint density at radius 2 is 2.00 bits per heavy atom. The summed E-state index contributed by atoms with van der Waals surface area (Å²) in [5.74, 6) is 0. The highest BCUT2D eigenvalue weighted by Crippen LogP contribution is 2.23. The van der Waals surface area contributed by atoms with Crippen LogP contribution in [-0.4, -0.2) is 6.54 Å². The van der Waals surface area contributed by atoms with Gasteiger partial charge in [0.25, 0.3) is 0 Å². The predicted octanol–water partition coefficient (Wildman–Crippen LogP) is 3.19. The number of nitrogens with zero attached hydrogens (tertiary/aromatic N) is 1. The molecule has 72 valence electrons. The molecule has 0 bridgehead atoms. The monoisotopic (exact) mass is 185 g/mol. The van der Waals surface area contributed by atoms with Gasteiger partial charge in [-0.05, 0) is 37.1 Å². The Morgan fingerprint density at radius 3 is 2.71 bits per heavy atom. The number of rotatable bonds is 1. The lowest BCUT2D eigenvalue weighted by atomic mass is 10.1. The summed E-state index contributed by atoms with van der Waals surface area (Å²) in [5.41, 5.74) is 4.03. The van der Waals surface area contributed by atoms with Gasteiger partial charge >= 0.3 is 0 Å². The van der Waals surface area contributed by atoms with Crippen molar-refractivity contribution in [2.24, 2.45) is 0 Å². The summed E-state index contributed by atoms with van der Waals surface area (Å²) in [6.07, 6.45) is 8.45. The normalized spacial score (nSPS) is 14.9. The Labute approximate surface area is 85.4 Å². The van der Waals surface area contributed by atoms with E-state index in [-0.39, 0.29) is 0 Å². The molecule has 1 heteroatoms. The molecule has 1 aromatic carbocycles. The van der Waals surface area contributed by atoms with Gasteiger partial charge in [0.1, 0.15) is 0 Å². The van der Waals surface area contributed by atoms with Gasteiger partial charge in [-0.1, -0.05) is 24.3 Å². The Hall–Kier alpha value is -1.50. The van der Waals surface area contributed by atoms with E-state index in [1.54, 1.807) is 0 Å². The summed E-state index contributed by atoms with van der Waals surface area (Å²) < 4.78 is 0. The van der Waals surface area contributed by atoms with Crippen molar-refractivity contribution in [3.63, 3.8) is 0 Å². The van der Waals surface area contributed by atoms with Gasteiger partial charge in [0.05, 0.1) is 0 Å². The lowest BCUT2D eigenvalue weighted by molar-refractivity contribution is 1.06. The van der Waals surface area contributed by atoms with Crippen LogP contribution in [0.5, 0.6) is 0 Å². The average Bonchev–Trinajstić information content (AvgIpc) is 2.23. The van der Waals surface area contributed by atoms with E-state index in [0.29, 0.717) is 0 Å². The number of hydrogen-bond donors (Lipinski definition) is 0. The fourth-order valence-corrected chi connectivity index (χ4v) is 1.69. The first-order valence-corrected chi connectivity index (χ1v) is 4.95. The van der Waals surface area contributed by atoms with Crippen LogP contribution in [0.1, 0.15) is 11.1 Å². The quantitative estimate of drug-likeness (QED) is 0.649. The smallest absolute Gasteiger partial charge is 0.0441 e. The van der Waals surface area contributed by atoms with Gasteiger partial charge < -0.3 is 4.90 Å². The Kier molecular flexibility index (Phi) is 2.40. The molecular weight excluding hydrogens is 170 g/mol. The number of aryl methyl sites for hydroxylation is 1. The van der Waals surface area contributed by atoms with E-state index in [2.05, 4.69) is 61.4 Å². The van der Waals surface area contributed by atoms with Crippen molar-refractivity contribution in [1.82, 2.24) is 0 Å². The minimum absolute atomic E-state index is 0.973. The first kappa shape index (κ1) is 9.07. The third-order valence-corrected chi connectivity index (χ3v) is 2.70. The van der Waals surface area contributed by atoms with E-state index < -0.39 is 0 Å². The Morgan fingerprint density at radius 1 is 1.14 bits per heavy atom. The van der Waals surface area contributed by atoms with Gasteiger partial charge in [0, 0.05) is 18.4 Å². The second-order valence-corrected chi connectivity index (χ2v) is 3.64. The zero-order chi connectivity index (χ0) is 9.97. The van der Waals surface area contributed by atoms with Gasteiger partial charge in [-0.15, -0.1) is 0 Å². The SMILES string of the molecule is Cc1cccc(N2C=CC=CC2)c1C. The van der Waals surface area contributed by atoms with Gasteiger partial charge in [0.2, 0.25) is 0 Å². The van der Waals surface area contributed by atoms with Crippen LogP contribution in [0.25, 0.3) is 0 Å². The second-order valence-electron chi connectivity index (χ2n) is 3.64. The van der Waals surface area contributed by atoms with Crippen LogP contribution in [0.3, 0.4) is 0 Å². The molecule has 0 unspecified atom stereocenters. The zero-order valence-electron chi connectivity index (χ0n) is 8.70. The minimum Gasteiger partial charge on any atom is -0.344 e. The van der Waals surface area contributed by atoms with Crippen LogP contribution in [0.2, 0.25) is 0 Å². The van der Waals surface area contributed by atoms with Crippen molar-refractivity contribution in [3.8, 4) is 0 Å². The molecule has 0 N–H and O–H groups in total. The van der Waals surface area contributed by atoms with Crippen molar-refractivity contribution in [2.75, 3.05) is 11.4 Å². The summed E-state index contributed by atoms with van der Waals surface area (Å²) >= 11 is 0. The Bertz CT molecular complexity index is 388. The number of anilines is 1. The molecule has 14 heavy (non-hydrogen) atoms. The predicted molar refractivity (Wildman–Crippen MR) is 61.5 cm³/mol. The highest BCUT2D eigenvalue weighted by molar-refractivity contribution is 5.59. The molecular formula is C13H15N. The molecule has 1 nitrogen and oxygen atoms in total. The molecule has 1 aliphatic heterocycles. The average molecular weight is 185 g/mol. The summed E-state index contributed by atoms with van der Waals surface area (Å²) in [7, 11) is 0. The zero-order valence-corrected chi connectivity index (χ0v) is 8.70. The van der Waals surface area contributed by atoms with Crippen LogP contribution >= 0.6 is 0 Å². The van der Waals surface area contributed by atoms with E-state index >= 15 is 0 Å². The van der Waals surface area contributed by atoms with Crippen LogP contribution in [-0.2, 0) is 0 Å². The maximum Gasteiger partial charge on any atom is 0.0441 e. The standard InChI is InChI=1S/C13H15N/c1-11-7-6-8-13(12(11)2)14-9-4-3-5-10-14/h3-9H,10H2,1-2H3. The maximum absolute atomic E-state index is 2.27. The molecule has 0 atom stereocenters. The van der Waals surface area contributed by atoms with E-state index in [1.807, 2.05) is 0 Å². The van der Waals surface area contributed by atoms with Gasteiger partial charge in [-0.2, -0.15) is 0 Å². The summed E-state index contributed by atoms with van der Waals surface area (Å²) in [4.78, 5) is 2.27. The van der Waals surface area contributed by atoms with Crippen molar-refractivity contribution in [1.29, 1.82) is 0 Å². The van der Waals surface area contributed by atoms with Gasteiger partial charge in [-0.25, -0.2) is 0 Å². The first-order chi connectivity index (χ1) is 6.79. The second kappa shape index (κ2) is 3.70. The summed E-state index contributed by atoms with van der Waals surface area (Å²) in [6.45, 7) is 5.31. The summed E-state index contributed by atoms with van der Waals surface area (Å²) in [6, 6.07) is 6.44. The fraction of sp³-hybridized carbons (Fsp3) is 0.231. The molecule has 1 aliphatic rings. The van der Waals surface area contributed by atoms with Gasteiger partial charge in [0.15, 0.2) is 0 Å². The molecule has 0 spiro atoms. The number of allylic oxidation sites excluding steroid dienone is 2.